The van der Waals surface area contributed by atoms with Crippen molar-refractivity contribution in [2.45, 2.75) is 6.61 Å². The van der Waals surface area contributed by atoms with E-state index >= 15 is 0 Å². The monoisotopic (exact) mass is 422 g/mol. The topological polar surface area (TPSA) is 97.2 Å². The second kappa shape index (κ2) is 10.0. The van der Waals surface area contributed by atoms with Crippen LogP contribution in [0.5, 0.6) is 11.5 Å². The fourth-order valence-electron chi connectivity index (χ4n) is 2.67. The summed E-state index contributed by atoms with van der Waals surface area (Å²) in [5.74, 6) is -1.04. The maximum atomic E-state index is 13.0. The molecular formula is C23H19FN2O5. The van der Waals surface area contributed by atoms with E-state index in [1.807, 2.05) is 0 Å². The number of methoxy groups -OCH3 is 1. The van der Waals surface area contributed by atoms with Crippen molar-refractivity contribution in [2.24, 2.45) is 5.10 Å². The van der Waals surface area contributed by atoms with E-state index in [1.54, 1.807) is 30.3 Å². The predicted molar refractivity (Wildman–Crippen MR) is 112 cm³/mol. The average Bonchev–Trinajstić information content (AvgIpc) is 2.78. The summed E-state index contributed by atoms with van der Waals surface area (Å²) in [6.45, 7) is 0.170. The third-order valence-electron chi connectivity index (χ3n) is 4.29. The van der Waals surface area contributed by atoms with E-state index in [4.69, 9.17) is 14.6 Å². The predicted octanol–water partition coefficient (Wildman–Crippen LogP) is 3.88. The lowest BCUT2D eigenvalue weighted by Gasteiger charge is -2.13. The molecule has 7 nitrogen and oxygen atoms in total. The fourth-order valence-corrected chi connectivity index (χ4v) is 2.67. The van der Waals surface area contributed by atoms with Crippen LogP contribution in [-0.2, 0) is 6.61 Å². The highest BCUT2D eigenvalue weighted by atomic mass is 19.1. The number of carbonyl (C=O) groups excluding carboxylic acids is 1. The van der Waals surface area contributed by atoms with E-state index in [-0.39, 0.29) is 17.7 Å². The van der Waals surface area contributed by atoms with E-state index in [2.05, 4.69) is 10.5 Å². The standard InChI is InChI=1S/C23H19FN2O5/c1-30-20-4-2-3-18(13-25-26-22(27)16-9-11-19(24)12-10-16)21(20)31-14-15-5-7-17(8-6-15)23(28)29/h2-13H,14H2,1H3,(H,26,27)(H,28,29)/b25-13-. The molecular weight excluding hydrogens is 403 g/mol. The number of nitrogens with one attached hydrogen (secondary N) is 1. The van der Waals surface area contributed by atoms with E-state index in [0.29, 0.717) is 17.1 Å². The van der Waals surface area contributed by atoms with E-state index in [0.717, 1.165) is 5.56 Å². The lowest BCUT2D eigenvalue weighted by molar-refractivity contribution is 0.0696. The van der Waals surface area contributed by atoms with Gasteiger partial charge in [0.2, 0.25) is 0 Å². The molecule has 0 spiro atoms. The molecule has 0 radical (unpaired) electrons. The first kappa shape index (κ1) is 21.5. The fraction of sp³-hybridized carbons (Fsp3) is 0.0870. The first-order chi connectivity index (χ1) is 15.0. The highest BCUT2D eigenvalue weighted by Crippen LogP contribution is 2.30. The number of hydrogen-bond donors (Lipinski definition) is 2. The molecule has 0 saturated carbocycles. The summed E-state index contributed by atoms with van der Waals surface area (Å²) in [6, 6.07) is 16.6. The zero-order valence-electron chi connectivity index (χ0n) is 16.5. The molecule has 8 heteroatoms. The van der Waals surface area contributed by atoms with Gasteiger partial charge in [0.05, 0.1) is 18.9 Å². The lowest BCUT2D eigenvalue weighted by Crippen LogP contribution is -2.17. The molecule has 0 aliphatic carbocycles. The molecule has 0 atom stereocenters. The number of hydrazone groups is 1. The molecule has 0 bridgehead atoms. The zero-order chi connectivity index (χ0) is 22.2. The number of halogens is 1. The minimum Gasteiger partial charge on any atom is -0.493 e. The minimum absolute atomic E-state index is 0.170. The first-order valence-corrected chi connectivity index (χ1v) is 9.19. The molecule has 3 aromatic rings. The maximum absolute atomic E-state index is 13.0. The Balaban J connectivity index is 1.72. The van der Waals surface area contributed by atoms with Crippen LogP contribution in [0.25, 0.3) is 0 Å². The van der Waals surface area contributed by atoms with Crippen molar-refractivity contribution >= 4 is 18.1 Å². The van der Waals surface area contributed by atoms with Crippen molar-refractivity contribution in [3.05, 3.63) is 94.8 Å². The van der Waals surface area contributed by atoms with Crippen molar-refractivity contribution in [1.82, 2.24) is 5.43 Å². The van der Waals surface area contributed by atoms with Gasteiger partial charge in [0.15, 0.2) is 11.5 Å². The van der Waals surface area contributed by atoms with Crippen LogP contribution < -0.4 is 14.9 Å². The number of hydrogen-bond acceptors (Lipinski definition) is 5. The molecule has 2 N–H and O–H groups in total. The van der Waals surface area contributed by atoms with Gasteiger partial charge in [-0.15, -0.1) is 0 Å². The van der Waals surface area contributed by atoms with Crippen LogP contribution in [0.3, 0.4) is 0 Å². The largest absolute Gasteiger partial charge is 0.493 e. The summed E-state index contributed by atoms with van der Waals surface area (Å²) in [5, 5.41) is 12.9. The van der Waals surface area contributed by atoms with Gasteiger partial charge in [0.1, 0.15) is 12.4 Å². The molecule has 0 aliphatic rings. The Kier molecular flexibility index (Phi) is 6.95. The third-order valence-corrected chi connectivity index (χ3v) is 4.29. The van der Waals surface area contributed by atoms with Gasteiger partial charge in [-0.05, 0) is 54.1 Å². The van der Waals surface area contributed by atoms with Gasteiger partial charge in [0.25, 0.3) is 5.91 Å². The van der Waals surface area contributed by atoms with Gasteiger partial charge >= 0.3 is 5.97 Å². The number of rotatable bonds is 8. The summed E-state index contributed by atoms with van der Waals surface area (Å²) >= 11 is 0. The Hall–Kier alpha value is -4.20. The van der Waals surface area contributed by atoms with Crippen LogP contribution >= 0.6 is 0 Å². The Labute approximate surface area is 177 Å². The number of ether oxygens (including phenoxy) is 2. The highest BCUT2D eigenvalue weighted by Gasteiger charge is 2.11. The second-order valence-electron chi connectivity index (χ2n) is 6.38. The first-order valence-electron chi connectivity index (χ1n) is 9.19. The van der Waals surface area contributed by atoms with E-state index in [9.17, 15) is 14.0 Å². The number of para-hydroxylation sites is 1. The van der Waals surface area contributed by atoms with Crippen LogP contribution in [0.4, 0.5) is 4.39 Å². The molecule has 0 unspecified atom stereocenters. The molecule has 3 aromatic carbocycles. The molecule has 1 amide bonds. The van der Waals surface area contributed by atoms with Crippen LogP contribution in [-0.4, -0.2) is 30.3 Å². The summed E-state index contributed by atoms with van der Waals surface area (Å²) in [6.07, 6.45) is 1.41. The van der Waals surface area contributed by atoms with Gasteiger partial charge in [-0.1, -0.05) is 18.2 Å². The normalized spacial score (nSPS) is 10.6. The molecule has 3 rings (SSSR count). The highest BCUT2D eigenvalue weighted by molar-refractivity contribution is 5.95. The average molecular weight is 422 g/mol. The molecule has 31 heavy (non-hydrogen) atoms. The molecule has 0 aliphatic heterocycles. The Morgan fingerprint density at radius 1 is 1.03 bits per heavy atom. The van der Waals surface area contributed by atoms with Crippen LogP contribution in [0.15, 0.2) is 71.8 Å². The van der Waals surface area contributed by atoms with Crippen molar-refractivity contribution in [1.29, 1.82) is 0 Å². The van der Waals surface area contributed by atoms with Gasteiger partial charge < -0.3 is 14.6 Å². The lowest BCUT2D eigenvalue weighted by atomic mass is 10.1. The van der Waals surface area contributed by atoms with Crippen LogP contribution in [0, 0.1) is 5.82 Å². The molecule has 0 fully saturated rings. The Bertz CT molecular complexity index is 1100. The molecule has 0 saturated heterocycles. The molecule has 0 heterocycles. The van der Waals surface area contributed by atoms with Gasteiger partial charge in [0, 0.05) is 11.1 Å². The number of carboxylic acids is 1. The zero-order valence-corrected chi connectivity index (χ0v) is 16.5. The minimum atomic E-state index is -1.00. The summed E-state index contributed by atoms with van der Waals surface area (Å²) in [5.41, 5.74) is 4.16. The summed E-state index contributed by atoms with van der Waals surface area (Å²) in [4.78, 5) is 23.1. The van der Waals surface area contributed by atoms with Crippen molar-refractivity contribution in [3.63, 3.8) is 0 Å². The van der Waals surface area contributed by atoms with E-state index in [1.165, 1.54) is 49.7 Å². The molecule has 158 valence electrons. The van der Waals surface area contributed by atoms with Crippen molar-refractivity contribution in [2.75, 3.05) is 7.11 Å². The SMILES string of the molecule is COc1cccc(/C=N\NC(=O)c2ccc(F)cc2)c1OCc1ccc(C(=O)O)cc1. The summed E-state index contributed by atoms with van der Waals surface area (Å²) in [7, 11) is 1.50. The number of amides is 1. The Morgan fingerprint density at radius 3 is 2.35 bits per heavy atom. The van der Waals surface area contributed by atoms with Crippen molar-refractivity contribution < 1.29 is 28.6 Å². The molecule has 0 aromatic heterocycles. The number of benzene rings is 3. The number of carbonyl (C=O) groups is 2. The second-order valence-corrected chi connectivity index (χ2v) is 6.38. The van der Waals surface area contributed by atoms with E-state index < -0.39 is 17.7 Å². The number of carboxylic acid groups (broad SMARTS) is 1. The van der Waals surface area contributed by atoms with Gasteiger partial charge in [-0.3, -0.25) is 4.79 Å². The van der Waals surface area contributed by atoms with Gasteiger partial charge in [-0.25, -0.2) is 14.6 Å². The smallest absolute Gasteiger partial charge is 0.335 e. The third kappa shape index (κ3) is 5.66. The van der Waals surface area contributed by atoms with Gasteiger partial charge in [-0.2, -0.15) is 5.10 Å². The summed E-state index contributed by atoms with van der Waals surface area (Å²) < 4.78 is 24.2. The van der Waals surface area contributed by atoms with Crippen molar-refractivity contribution in [3.8, 4) is 11.5 Å². The van der Waals surface area contributed by atoms with Crippen LogP contribution in [0.2, 0.25) is 0 Å². The number of aromatic carboxylic acids is 1. The number of nitrogens with zero attached hydrogens (tertiary/aromatic N) is 1. The Morgan fingerprint density at radius 2 is 1.71 bits per heavy atom. The maximum Gasteiger partial charge on any atom is 0.335 e. The van der Waals surface area contributed by atoms with Crippen LogP contribution in [0.1, 0.15) is 31.8 Å². The quantitative estimate of drug-likeness (QED) is 0.424.